The van der Waals surface area contributed by atoms with Crippen LogP contribution >= 0.6 is 11.5 Å². The highest BCUT2D eigenvalue weighted by molar-refractivity contribution is 7.05. The molecule has 0 aliphatic rings. The molecule has 84 valence electrons. The maximum atomic E-state index is 4.22. The van der Waals surface area contributed by atoms with E-state index in [1.165, 1.54) is 33.1 Å². The molecular weight excluding hydrogens is 218 g/mol. The lowest BCUT2D eigenvalue weighted by Gasteiger charge is -2.05. The van der Waals surface area contributed by atoms with E-state index in [1.807, 2.05) is 7.05 Å². The number of aryl methyl sites for hydroxylation is 2. The molecular formula is C12H15N3S. The molecule has 16 heavy (non-hydrogen) atoms. The van der Waals surface area contributed by atoms with Crippen molar-refractivity contribution in [1.82, 2.24) is 14.9 Å². The molecule has 0 saturated heterocycles. The van der Waals surface area contributed by atoms with Gasteiger partial charge in [0.2, 0.25) is 0 Å². The second-order valence-corrected chi connectivity index (χ2v) is 4.73. The fourth-order valence-electron chi connectivity index (χ4n) is 1.77. The van der Waals surface area contributed by atoms with Gasteiger partial charge in [0.15, 0.2) is 0 Å². The zero-order valence-electron chi connectivity index (χ0n) is 9.74. The summed E-state index contributed by atoms with van der Waals surface area (Å²) in [5.74, 6) is 0. The third-order valence-electron chi connectivity index (χ3n) is 2.53. The second kappa shape index (κ2) is 4.72. The molecule has 0 atom stereocenters. The van der Waals surface area contributed by atoms with Gasteiger partial charge in [-0.25, -0.2) is 0 Å². The molecule has 0 bridgehead atoms. The Balaban J connectivity index is 2.46. The predicted molar refractivity (Wildman–Crippen MR) is 67.6 cm³/mol. The average molecular weight is 233 g/mol. The van der Waals surface area contributed by atoms with Gasteiger partial charge in [-0.05, 0) is 38.0 Å². The summed E-state index contributed by atoms with van der Waals surface area (Å²) >= 11 is 1.46. The van der Waals surface area contributed by atoms with Crippen LogP contribution in [-0.4, -0.2) is 16.6 Å². The number of aromatic nitrogens is 2. The fourth-order valence-corrected chi connectivity index (χ4v) is 2.44. The minimum absolute atomic E-state index is 0.820. The highest BCUT2D eigenvalue weighted by Crippen LogP contribution is 2.27. The molecule has 0 aliphatic heterocycles. The van der Waals surface area contributed by atoms with E-state index in [0.29, 0.717) is 0 Å². The summed E-state index contributed by atoms with van der Waals surface area (Å²) < 4.78 is 4.03. The van der Waals surface area contributed by atoms with E-state index >= 15 is 0 Å². The fraction of sp³-hybridized carbons (Fsp3) is 0.333. The molecule has 1 N–H and O–H groups in total. The Hall–Kier alpha value is -1.26. The first-order valence-corrected chi connectivity index (χ1v) is 6.03. The third-order valence-corrected chi connectivity index (χ3v) is 3.25. The van der Waals surface area contributed by atoms with Crippen LogP contribution in [-0.2, 0) is 6.54 Å². The van der Waals surface area contributed by atoms with Gasteiger partial charge in [0.05, 0.1) is 4.88 Å². The van der Waals surface area contributed by atoms with Crippen molar-refractivity contribution in [3.05, 3.63) is 34.2 Å². The Bertz CT molecular complexity index is 491. The van der Waals surface area contributed by atoms with E-state index in [1.54, 1.807) is 0 Å². The molecule has 3 nitrogen and oxygen atoms in total. The lowest BCUT2D eigenvalue weighted by atomic mass is 10.0. The summed E-state index contributed by atoms with van der Waals surface area (Å²) in [7, 11) is 1.94. The van der Waals surface area contributed by atoms with Crippen LogP contribution < -0.4 is 5.32 Å². The molecule has 0 amide bonds. The highest BCUT2D eigenvalue weighted by atomic mass is 32.1. The summed E-state index contributed by atoms with van der Waals surface area (Å²) in [6, 6.07) is 6.42. The van der Waals surface area contributed by atoms with Gasteiger partial charge in [-0.2, -0.15) is 0 Å². The van der Waals surface area contributed by atoms with Gasteiger partial charge in [-0.15, -0.1) is 5.10 Å². The first kappa shape index (κ1) is 11.2. The Labute approximate surface area is 99.7 Å². The van der Waals surface area contributed by atoms with Crippen LogP contribution in [0.3, 0.4) is 0 Å². The van der Waals surface area contributed by atoms with Gasteiger partial charge in [0.25, 0.3) is 0 Å². The SMILES string of the molecule is CNCc1snnc1-c1ccc(C)cc1C. The maximum Gasteiger partial charge on any atom is 0.110 e. The second-order valence-electron chi connectivity index (χ2n) is 3.89. The van der Waals surface area contributed by atoms with E-state index in [2.05, 4.69) is 47.0 Å². The van der Waals surface area contributed by atoms with Crippen molar-refractivity contribution in [2.45, 2.75) is 20.4 Å². The van der Waals surface area contributed by atoms with Crippen LogP contribution in [0, 0.1) is 13.8 Å². The van der Waals surface area contributed by atoms with Crippen LogP contribution in [0.25, 0.3) is 11.3 Å². The summed E-state index contributed by atoms with van der Waals surface area (Å²) in [4.78, 5) is 1.19. The summed E-state index contributed by atoms with van der Waals surface area (Å²) in [5.41, 5.74) is 4.73. The smallest absolute Gasteiger partial charge is 0.110 e. The van der Waals surface area contributed by atoms with Crippen LogP contribution in [0.2, 0.25) is 0 Å². The van der Waals surface area contributed by atoms with Gasteiger partial charge in [0.1, 0.15) is 5.69 Å². The molecule has 0 radical (unpaired) electrons. The largest absolute Gasteiger partial charge is 0.315 e. The molecule has 1 aromatic carbocycles. The van der Waals surface area contributed by atoms with Gasteiger partial charge in [-0.3, -0.25) is 0 Å². The third kappa shape index (κ3) is 2.13. The van der Waals surface area contributed by atoms with E-state index < -0.39 is 0 Å². The van der Waals surface area contributed by atoms with E-state index in [0.717, 1.165) is 12.2 Å². The summed E-state index contributed by atoms with van der Waals surface area (Å²) in [6.45, 7) is 5.04. The number of nitrogens with zero attached hydrogens (tertiary/aromatic N) is 2. The summed E-state index contributed by atoms with van der Waals surface area (Å²) in [6.07, 6.45) is 0. The quantitative estimate of drug-likeness (QED) is 0.885. The zero-order valence-corrected chi connectivity index (χ0v) is 10.6. The first-order valence-electron chi connectivity index (χ1n) is 5.26. The van der Waals surface area contributed by atoms with Crippen molar-refractivity contribution in [2.75, 3.05) is 7.05 Å². The number of nitrogens with one attached hydrogen (secondary N) is 1. The minimum atomic E-state index is 0.820. The number of benzene rings is 1. The number of hydrogen-bond acceptors (Lipinski definition) is 4. The Morgan fingerprint density at radius 2 is 2.12 bits per heavy atom. The van der Waals surface area contributed by atoms with Gasteiger partial charge >= 0.3 is 0 Å². The van der Waals surface area contributed by atoms with Crippen LogP contribution in [0.15, 0.2) is 18.2 Å². The van der Waals surface area contributed by atoms with E-state index in [-0.39, 0.29) is 0 Å². The molecule has 4 heteroatoms. The molecule has 2 rings (SSSR count). The highest BCUT2D eigenvalue weighted by Gasteiger charge is 2.11. The maximum absolute atomic E-state index is 4.22. The van der Waals surface area contributed by atoms with Gasteiger partial charge in [0, 0.05) is 12.1 Å². The molecule has 2 aromatic rings. The lowest BCUT2D eigenvalue weighted by molar-refractivity contribution is 0.830. The van der Waals surface area contributed by atoms with E-state index in [4.69, 9.17) is 0 Å². The van der Waals surface area contributed by atoms with Crippen molar-refractivity contribution < 1.29 is 0 Å². The normalized spacial score (nSPS) is 10.7. The molecule has 0 spiro atoms. The van der Waals surface area contributed by atoms with Crippen molar-refractivity contribution in [3.63, 3.8) is 0 Å². The van der Waals surface area contributed by atoms with Gasteiger partial charge < -0.3 is 5.32 Å². The van der Waals surface area contributed by atoms with Crippen LogP contribution in [0.5, 0.6) is 0 Å². The first-order chi connectivity index (χ1) is 7.72. The van der Waals surface area contributed by atoms with Crippen molar-refractivity contribution in [3.8, 4) is 11.3 Å². The van der Waals surface area contributed by atoms with Crippen molar-refractivity contribution in [2.24, 2.45) is 0 Å². The van der Waals surface area contributed by atoms with E-state index in [9.17, 15) is 0 Å². The molecule has 0 unspecified atom stereocenters. The molecule has 0 aliphatic carbocycles. The van der Waals surface area contributed by atoms with Crippen LogP contribution in [0.1, 0.15) is 16.0 Å². The number of hydrogen-bond donors (Lipinski definition) is 1. The molecule has 0 fully saturated rings. The monoisotopic (exact) mass is 233 g/mol. The number of rotatable bonds is 3. The lowest BCUT2D eigenvalue weighted by Crippen LogP contribution is -2.04. The van der Waals surface area contributed by atoms with Crippen molar-refractivity contribution >= 4 is 11.5 Å². The Kier molecular flexibility index (Phi) is 3.31. The Morgan fingerprint density at radius 1 is 1.31 bits per heavy atom. The Morgan fingerprint density at radius 3 is 2.81 bits per heavy atom. The zero-order chi connectivity index (χ0) is 11.5. The molecule has 0 saturated carbocycles. The van der Waals surface area contributed by atoms with Gasteiger partial charge in [-0.1, -0.05) is 28.3 Å². The molecule has 1 heterocycles. The predicted octanol–water partition coefficient (Wildman–Crippen LogP) is 2.54. The minimum Gasteiger partial charge on any atom is -0.315 e. The standard InChI is InChI=1S/C12H15N3S/c1-8-4-5-10(9(2)6-8)12-11(7-13-3)16-15-14-12/h4-6,13H,7H2,1-3H3. The topological polar surface area (TPSA) is 37.8 Å². The average Bonchev–Trinajstić information content (AvgIpc) is 2.67. The van der Waals surface area contributed by atoms with Crippen molar-refractivity contribution in [1.29, 1.82) is 0 Å². The summed E-state index contributed by atoms with van der Waals surface area (Å²) in [5, 5.41) is 7.37. The molecule has 1 aromatic heterocycles. The van der Waals surface area contributed by atoms with Crippen LogP contribution in [0.4, 0.5) is 0 Å².